The van der Waals surface area contributed by atoms with Crippen molar-refractivity contribution in [2.24, 2.45) is 0 Å². The Bertz CT molecular complexity index is 730. The number of amides is 1. The molecule has 3 rings (SSSR count). The van der Waals surface area contributed by atoms with Crippen molar-refractivity contribution in [2.75, 3.05) is 6.61 Å². The van der Waals surface area contributed by atoms with Crippen LogP contribution >= 0.6 is 0 Å². The first-order valence-electron chi connectivity index (χ1n) is 7.27. The predicted octanol–water partition coefficient (Wildman–Crippen LogP) is 2.08. The van der Waals surface area contributed by atoms with Gasteiger partial charge in [-0.1, -0.05) is 30.3 Å². The van der Waals surface area contributed by atoms with E-state index in [1.807, 2.05) is 0 Å². The summed E-state index contributed by atoms with van der Waals surface area (Å²) in [6, 6.07) is 8.26. The first-order valence-corrected chi connectivity index (χ1v) is 7.27. The number of ether oxygens (including phenoxy) is 1. The van der Waals surface area contributed by atoms with Gasteiger partial charge in [-0.3, -0.25) is 4.79 Å². The molecule has 1 aliphatic rings. The van der Waals surface area contributed by atoms with E-state index in [0.717, 1.165) is 10.2 Å². The van der Waals surface area contributed by atoms with Gasteiger partial charge in [0.1, 0.15) is 25.1 Å². The van der Waals surface area contributed by atoms with Crippen molar-refractivity contribution in [1.82, 2.24) is 20.1 Å². The van der Waals surface area contributed by atoms with Gasteiger partial charge in [-0.2, -0.15) is 18.3 Å². The quantitative estimate of drug-likeness (QED) is 0.929. The van der Waals surface area contributed by atoms with Gasteiger partial charge >= 0.3 is 6.18 Å². The molecule has 0 radical (unpaired) electrons. The molecule has 1 saturated heterocycles. The van der Waals surface area contributed by atoms with Crippen molar-refractivity contribution in [1.29, 1.82) is 0 Å². The monoisotopic (exact) mass is 340 g/mol. The van der Waals surface area contributed by atoms with E-state index >= 15 is 0 Å². The Kier molecular flexibility index (Phi) is 4.27. The Morgan fingerprint density at radius 2 is 2.04 bits per heavy atom. The number of hydrogen-bond donors (Lipinski definition) is 1. The number of nitrogens with zero attached hydrogens (tertiary/aromatic N) is 3. The van der Waals surface area contributed by atoms with Crippen LogP contribution in [0.2, 0.25) is 0 Å². The Morgan fingerprint density at radius 3 is 2.71 bits per heavy atom. The number of aromatic nitrogens is 3. The maximum atomic E-state index is 12.8. The van der Waals surface area contributed by atoms with Gasteiger partial charge in [0.15, 0.2) is 5.82 Å². The fourth-order valence-electron chi connectivity index (χ4n) is 2.66. The highest BCUT2D eigenvalue weighted by Crippen LogP contribution is 2.34. The van der Waals surface area contributed by atoms with E-state index in [-0.39, 0.29) is 24.2 Å². The average Bonchev–Trinajstić information content (AvgIpc) is 2.86. The summed E-state index contributed by atoms with van der Waals surface area (Å²) in [7, 11) is 0. The minimum absolute atomic E-state index is 0.0404. The third kappa shape index (κ3) is 3.56. The molecule has 1 aromatic carbocycles. The Hall–Kier alpha value is -2.42. The molecule has 0 unspecified atom stereocenters. The van der Waals surface area contributed by atoms with E-state index in [9.17, 15) is 18.0 Å². The fourth-order valence-corrected chi connectivity index (χ4v) is 2.66. The lowest BCUT2D eigenvalue weighted by molar-refractivity contribution is -0.147. The van der Waals surface area contributed by atoms with Gasteiger partial charge in [-0.25, -0.2) is 9.67 Å². The van der Waals surface area contributed by atoms with Crippen LogP contribution in [-0.2, 0) is 16.1 Å². The number of aryl methyl sites for hydroxylation is 1. The smallest absolute Gasteiger partial charge is 0.358 e. The molecule has 2 heterocycles. The number of rotatable bonds is 3. The van der Waals surface area contributed by atoms with Crippen LogP contribution in [0.5, 0.6) is 0 Å². The van der Waals surface area contributed by atoms with Crippen LogP contribution in [0.15, 0.2) is 30.3 Å². The van der Waals surface area contributed by atoms with Crippen molar-refractivity contribution >= 4 is 5.91 Å². The average molecular weight is 340 g/mol. The number of carbonyl (C=O) groups excluding carboxylic acids is 1. The number of carbonyl (C=O) groups is 1. The summed E-state index contributed by atoms with van der Waals surface area (Å²) in [6.07, 6.45) is -5.29. The SMILES string of the molecule is Cc1nc([C@H]2OCC(=O)N[C@@H]2c2ccccc2)n(CC(F)(F)F)n1. The van der Waals surface area contributed by atoms with Gasteiger partial charge < -0.3 is 10.1 Å². The van der Waals surface area contributed by atoms with Gasteiger partial charge in [-0.15, -0.1) is 0 Å². The van der Waals surface area contributed by atoms with E-state index in [1.165, 1.54) is 6.92 Å². The lowest BCUT2D eigenvalue weighted by atomic mass is 9.99. The minimum Gasteiger partial charge on any atom is -0.358 e. The first-order chi connectivity index (χ1) is 11.3. The van der Waals surface area contributed by atoms with Crippen LogP contribution in [0.4, 0.5) is 13.2 Å². The molecule has 6 nitrogen and oxygen atoms in total. The first kappa shape index (κ1) is 16.4. The molecule has 0 spiro atoms. The summed E-state index contributed by atoms with van der Waals surface area (Å²) < 4.78 is 44.6. The second-order valence-corrected chi connectivity index (χ2v) is 5.48. The van der Waals surface area contributed by atoms with E-state index in [4.69, 9.17) is 4.74 Å². The normalized spacial score (nSPS) is 21.6. The largest absolute Gasteiger partial charge is 0.408 e. The molecule has 1 N–H and O–H groups in total. The molecule has 2 atom stereocenters. The predicted molar refractivity (Wildman–Crippen MR) is 76.8 cm³/mol. The van der Waals surface area contributed by atoms with Gasteiger partial charge in [-0.05, 0) is 12.5 Å². The summed E-state index contributed by atoms with van der Waals surface area (Å²) >= 11 is 0. The van der Waals surface area contributed by atoms with E-state index in [2.05, 4.69) is 15.4 Å². The van der Waals surface area contributed by atoms with Crippen molar-refractivity contribution in [3.63, 3.8) is 0 Å². The number of halogens is 3. The summed E-state index contributed by atoms with van der Waals surface area (Å²) in [5, 5.41) is 6.57. The molecule has 9 heteroatoms. The highest BCUT2D eigenvalue weighted by atomic mass is 19.4. The van der Waals surface area contributed by atoms with Crippen molar-refractivity contribution in [3.05, 3.63) is 47.5 Å². The zero-order valence-corrected chi connectivity index (χ0v) is 12.7. The molecule has 0 aliphatic carbocycles. The number of hydrogen-bond acceptors (Lipinski definition) is 4. The molecule has 0 bridgehead atoms. The molecule has 1 aliphatic heterocycles. The topological polar surface area (TPSA) is 69.0 Å². The van der Waals surface area contributed by atoms with Crippen LogP contribution in [0, 0.1) is 6.92 Å². The highest BCUT2D eigenvalue weighted by molar-refractivity contribution is 5.78. The molecule has 128 valence electrons. The van der Waals surface area contributed by atoms with Crippen LogP contribution < -0.4 is 5.32 Å². The zero-order valence-electron chi connectivity index (χ0n) is 12.7. The summed E-state index contributed by atoms with van der Waals surface area (Å²) in [6.45, 7) is -0.000277. The second kappa shape index (κ2) is 6.23. The van der Waals surface area contributed by atoms with Crippen LogP contribution in [0.3, 0.4) is 0 Å². The van der Waals surface area contributed by atoms with Gasteiger partial charge in [0.25, 0.3) is 0 Å². The number of alkyl halides is 3. The Balaban J connectivity index is 1.98. The van der Waals surface area contributed by atoms with Crippen LogP contribution in [0.1, 0.15) is 29.4 Å². The fraction of sp³-hybridized carbons (Fsp3) is 0.400. The van der Waals surface area contributed by atoms with E-state index < -0.39 is 24.9 Å². The highest BCUT2D eigenvalue weighted by Gasteiger charge is 2.38. The maximum Gasteiger partial charge on any atom is 0.408 e. The van der Waals surface area contributed by atoms with Crippen molar-refractivity contribution in [3.8, 4) is 0 Å². The lowest BCUT2D eigenvalue weighted by Crippen LogP contribution is -2.42. The van der Waals surface area contributed by atoms with Crippen LogP contribution in [0.25, 0.3) is 0 Å². The van der Waals surface area contributed by atoms with Gasteiger partial charge in [0.05, 0.1) is 6.04 Å². The lowest BCUT2D eigenvalue weighted by Gasteiger charge is -2.32. The van der Waals surface area contributed by atoms with Crippen molar-refractivity contribution in [2.45, 2.75) is 31.8 Å². The van der Waals surface area contributed by atoms with E-state index in [0.29, 0.717) is 0 Å². The zero-order chi connectivity index (χ0) is 17.3. The number of benzene rings is 1. The molecule has 1 amide bonds. The molecule has 1 aromatic heterocycles. The minimum atomic E-state index is -4.44. The molecule has 0 saturated carbocycles. The third-order valence-corrected chi connectivity index (χ3v) is 3.56. The van der Waals surface area contributed by atoms with Gasteiger partial charge in [0, 0.05) is 0 Å². The van der Waals surface area contributed by atoms with Gasteiger partial charge in [0.2, 0.25) is 5.91 Å². The standard InChI is InChI=1S/C15H15F3N4O2/c1-9-19-14(22(21-9)8-15(16,17)18)13-12(20-11(23)7-24-13)10-5-3-2-4-6-10/h2-6,12-13H,7-8H2,1H3,(H,20,23)/t12-,13+/m1/s1. The summed E-state index contributed by atoms with van der Waals surface area (Å²) in [4.78, 5) is 15.8. The number of morpholine rings is 1. The molecule has 24 heavy (non-hydrogen) atoms. The molecule has 1 fully saturated rings. The summed E-state index contributed by atoms with van der Waals surface area (Å²) in [5.74, 6) is -0.0843. The summed E-state index contributed by atoms with van der Waals surface area (Å²) in [5.41, 5.74) is 0.717. The van der Waals surface area contributed by atoms with Crippen molar-refractivity contribution < 1.29 is 22.7 Å². The molecular weight excluding hydrogens is 325 g/mol. The maximum absolute atomic E-state index is 12.8. The Labute approximate surface area is 135 Å². The molecule has 2 aromatic rings. The van der Waals surface area contributed by atoms with Crippen LogP contribution in [-0.4, -0.2) is 33.5 Å². The number of nitrogens with one attached hydrogen (secondary N) is 1. The second-order valence-electron chi connectivity index (χ2n) is 5.48. The molecular formula is C15H15F3N4O2. The van der Waals surface area contributed by atoms with E-state index in [1.54, 1.807) is 30.3 Å². The third-order valence-electron chi connectivity index (χ3n) is 3.56. The Morgan fingerprint density at radius 1 is 1.33 bits per heavy atom.